The summed E-state index contributed by atoms with van der Waals surface area (Å²) in [4.78, 5) is 38.4. The third-order valence-electron chi connectivity index (χ3n) is 6.42. The summed E-state index contributed by atoms with van der Waals surface area (Å²) in [6.45, 7) is -0.861. The molecule has 29 heavy (non-hydrogen) atoms. The highest BCUT2D eigenvalue weighted by molar-refractivity contribution is 6.21. The van der Waals surface area contributed by atoms with E-state index in [1.807, 2.05) is 0 Å². The van der Waals surface area contributed by atoms with Crippen LogP contribution in [0, 0.1) is 11.8 Å². The van der Waals surface area contributed by atoms with Crippen molar-refractivity contribution in [2.24, 2.45) is 11.8 Å². The normalized spacial score (nSPS) is 31.9. The van der Waals surface area contributed by atoms with Crippen LogP contribution in [0.1, 0.15) is 32.1 Å². The summed E-state index contributed by atoms with van der Waals surface area (Å²) >= 11 is 0. The topological polar surface area (TPSA) is 141 Å². The van der Waals surface area contributed by atoms with Crippen LogP contribution in [0.5, 0.6) is 0 Å². The van der Waals surface area contributed by atoms with E-state index in [4.69, 9.17) is 9.84 Å². The van der Waals surface area contributed by atoms with Crippen LogP contribution < -0.4 is 0 Å². The van der Waals surface area contributed by atoms with Crippen LogP contribution in [0.4, 0.5) is 0 Å². The predicted octanol–water partition coefficient (Wildman–Crippen LogP) is 1.11. The maximum atomic E-state index is 13.2. The number of carbonyl (C=O) groups excluding carboxylic acids is 3. The molecule has 4 N–H and O–H groups in total. The Morgan fingerprint density at radius 2 is 1.79 bits per heavy atom. The van der Waals surface area contributed by atoms with Crippen molar-refractivity contribution in [3.05, 3.63) is 45.6 Å². The van der Waals surface area contributed by atoms with E-state index in [0.29, 0.717) is 18.6 Å². The summed E-state index contributed by atoms with van der Waals surface area (Å²) in [7, 11) is 1.42. The zero-order valence-electron chi connectivity index (χ0n) is 15.9. The summed E-state index contributed by atoms with van der Waals surface area (Å²) in [5.74, 6) is -4.68. The summed E-state index contributed by atoms with van der Waals surface area (Å²) in [6, 6.07) is 0. The molecule has 8 nitrogen and oxygen atoms in total. The number of allylic oxidation sites excluding steroid dienone is 7. The van der Waals surface area contributed by atoms with Crippen LogP contribution in [0.25, 0.3) is 0 Å². The Balaban J connectivity index is 1.84. The van der Waals surface area contributed by atoms with Gasteiger partial charge in [-0.15, -0.1) is 0 Å². The van der Waals surface area contributed by atoms with E-state index in [1.165, 1.54) is 7.11 Å². The van der Waals surface area contributed by atoms with Gasteiger partial charge in [-0.25, -0.2) is 0 Å². The molecule has 0 aromatic rings. The van der Waals surface area contributed by atoms with E-state index in [1.54, 1.807) is 6.08 Å². The number of hydrogen-bond acceptors (Lipinski definition) is 8. The van der Waals surface area contributed by atoms with E-state index in [2.05, 4.69) is 0 Å². The fraction of sp³-hybridized carbons (Fsp3) is 0.476. The molecule has 2 unspecified atom stereocenters. The number of Topliss-reactive ketones (excluding diaryl/α,β-unsaturated/α-hetero) is 3. The van der Waals surface area contributed by atoms with Gasteiger partial charge in [0.05, 0.1) is 24.5 Å². The maximum absolute atomic E-state index is 13.2. The van der Waals surface area contributed by atoms with Crippen molar-refractivity contribution in [1.82, 2.24) is 0 Å². The van der Waals surface area contributed by atoms with Crippen molar-refractivity contribution in [1.29, 1.82) is 0 Å². The van der Waals surface area contributed by atoms with Gasteiger partial charge in [-0.1, -0.05) is 6.08 Å². The second-order valence-corrected chi connectivity index (χ2v) is 7.86. The second kappa shape index (κ2) is 6.67. The Kier molecular flexibility index (Phi) is 4.51. The van der Waals surface area contributed by atoms with Gasteiger partial charge in [0.15, 0.2) is 17.3 Å². The van der Waals surface area contributed by atoms with E-state index in [9.17, 15) is 29.7 Å². The standard InChI is InChI=1S/C21H22O8/c1-29-12-4-2-3-10-14(12)20(27)16-15(18(10)25)19(26)11-7-21(28,13(23)8-22)6-5-9(11)17(16)24/h3,15-16,22,24,26,28H,2,4-8H2,1H3/t15?,16?,21-/m1/s1. The minimum absolute atomic E-state index is 0.0248. The number of ketones is 3. The van der Waals surface area contributed by atoms with Gasteiger partial charge in [-0.3, -0.25) is 14.4 Å². The van der Waals surface area contributed by atoms with Gasteiger partial charge in [0, 0.05) is 24.0 Å². The van der Waals surface area contributed by atoms with Crippen LogP contribution in [0.15, 0.2) is 45.6 Å². The molecule has 3 atom stereocenters. The van der Waals surface area contributed by atoms with Crippen molar-refractivity contribution in [2.75, 3.05) is 13.7 Å². The van der Waals surface area contributed by atoms with Gasteiger partial charge in [0.2, 0.25) is 0 Å². The van der Waals surface area contributed by atoms with Crippen LogP contribution >= 0.6 is 0 Å². The lowest BCUT2D eigenvalue weighted by molar-refractivity contribution is -0.141. The Labute approximate surface area is 166 Å². The molecular weight excluding hydrogens is 380 g/mol. The van der Waals surface area contributed by atoms with E-state index < -0.39 is 47.2 Å². The number of methoxy groups -OCH3 is 1. The minimum Gasteiger partial charge on any atom is -0.511 e. The van der Waals surface area contributed by atoms with Crippen molar-refractivity contribution in [2.45, 2.75) is 37.7 Å². The summed E-state index contributed by atoms with van der Waals surface area (Å²) in [5, 5.41) is 41.5. The fourth-order valence-corrected chi connectivity index (χ4v) is 4.87. The van der Waals surface area contributed by atoms with Gasteiger partial charge < -0.3 is 25.2 Å². The number of fused-ring (bicyclic) bond motifs is 3. The molecule has 0 saturated heterocycles. The fourth-order valence-electron chi connectivity index (χ4n) is 4.87. The molecule has 4 aliphatic carbocycles. The van der Waals surface area contributed by atoms with Crippen LogP contribution in [-0.2, 0) is 19.1 Å². The number of aliphatic hydroxyl groups excluding tert-OH is 3. The quantitative estimate of drug-likeness (QED) is 0.550. The van der Waals surface area contributed by atoms with Crippen LogP contribution in [0.3, 0.4) is 0 Å². The molecule has 0 radical (unpaired) electrons. The number of rotatable bonds is 3. The van der Waals surface area contributed by atoms with Crippen molar-refractivity contribution in [3.8, 4) is 0 Å². The van der Waals surface area contributed by atoms with Crippen molar-refractivity contribution >= 4 is 17.3 Å². The smallest absolute Gasteiger partial charge is 0.189 e. The monoisotopic (exact) mass is 402 g/mol. The average molecular weight is 402 g/mol. The number of hydrogen-bond donors (Lipinski definition) is 4. The highest BCUT2D eigenvalue weighted by Crippen LogP contribution is 2.51. The molecule has 4 rings (SSSR count). The minimum atomic E-state index is -1.89. The van der Waals surface area contributed by atoms with Crippen molar-refractivity contribution in [3.63, 3.8) is 0 Å². The third-order valence-corrected chi connectivity index (χ3v) is 6.42. The van der Waals surface area contributed by atoms with Gasteiger partial charge in [0.25, 0.3) is 0 Å². The lowest BCUT2D eigenvalue weighted by atomic mass is 9.62. The molecule has 4 aliphatic rings. The lowest BCUT2D eigenvalue weighted by Crippen LogP contribution is -2.48. The highest BCUT2D eigenvalue weighted by atomic mass is 16.5. The Bertz CT molecular complexity index is 963. The highest BCUT2D eigenvalue weighted by Gasteiger charge is 2.55. The Morgan fingerprint density at radius 1 is 1.14 bits per heavy atom. The molecule has 0 spiro atoms. The lowest BCUT2D eigenvalue weighted by Gasteiger charge is -2.42. The summed E-state index contributed by atoms with van der Waals surface area (Å²) in [6.07, 6.45) is 2.22. The third kappa shape index (κ3) is 2.63. The van der Waals surface area contributed by atoms with Gasteiger partial charge >= 0.3 is 0 Å². The zero-order chi connectivity index (χ0) is 21.1. The maximum Gasteiger partial charge on any atom is 0.189 e. The first kappa shape index (κ1) is 19.6. The molecule has 2 saturated carbocycles. The van der Waals surface area contributed by atoms with Gasteiger partial charge in [-0.2, -0.15) is 0 Å². The molecule has 0 aliphatic heterocycles. The second-order valence-electron chi connectivity index (χ2n) is 7.86. The average Bonchev–Trinajstić information content (AvgIpc) is 2.73. The summed E-state index contributed by atoms with van der Waals surface area (Å²) in [5.41, 5.74) is -1.22. The SMILES string of the molecule is COC1=C2C(=O)C3C(O)=C4CC[C@](O)(C(=O)CO)CC4=C(O)C3C(=O)C2=CCC1. The molecule has 0 aromatic carbocycles. The number of carbonyl (C=O) groups is 3. The van der Waals surface area contributed by atoms with Crippen LogP contribution in [0.2, 0.25) is 0 Å². The van der Waals surface area contributed by atoms with Crippen molar-refractivity contribution < 1.29 is 39.5 Å². The van der Waals surface area contributed by atoms with Crippen LogP contribution in [-0.4, -0.2) is 57.1 Å². The zero-order valence-corrected chi connectivity index (χ0v) is 15.9. The first-order valence-corrected chi connectivity index (χ1v) is 9.52. The number of ether oxygens (including phenoxy) is 1. The Hall–Kier alpha value is -2.71. The van der Waals surface area contributed by atoms with E-state index >= 15 is 0 Å². The molecule has 0 bridgehead atoms. The first-order valence-electron chi connectivity index (χ1n) is 9.52. The Morgan fingerprint density at radius 3 is 2.45 bits per heavy atom. The predicted molar refractivity (Wildman–Crippen MR) is 98.5 cm³/mol. The molecule has 154 valence electrons. The molecule has 0 heterocycles. The molecule has 0 aromatic heterocycles. The van der Waals surface area contributed by atoms with E-state index in [0.717, 1.165) is 0 Å². The van der Waals surface area contributed by atoms with Gasteiger partial charge in [-0.05, 0) is 24.8 Å². The number of aliphatic hydroxyl groups is 4. The van der Waals surface area contributed by atoms with Gasteiger partial charge in [0.1, 0.15) is 29.5 Å². The molecule has 2 fully saturated rings. The molecule has 8 heteroatoms. The van der Waals surface area contributed by atoms with E-state index in [-0.39, 0.29) is 47.3 Å². The largest absolute Gasteiger partial charge is 0.511 e. The first-order chi connectivity index (χ1) is 13.7. The molecule has 0 amide bonds. The molecular formula is C21H22O8. The summed E-state index contributed by atoms with van der Waals surface area (Å²) < 4.78 is 5.29.